The number of nitrogens with zero attached hydrogens (tertiary/aromatic N) is 2. The molecule has 2 aromatic rings. The molecule has 0 bridgehead atoms. The van der Waals surface area contributed by atoms with Crippen molar-refractivity contribution in [2.75, 3.05) is 37.5 Å². The minimum absolute atomic E-state index is 0.755. The summed E-state index contributed by atoms with van der Waals surface area (Å²) in [6.45, 7) is 3.30. The number of nitrogens with one attached hydrogen (secondary N) is 1. The Kier molecular flexibility index (Phi) is 3.00. The molecule has 1 fully saturated rings. The molecule has 5 heteroatoms. The normalized spacial score (nSPS) is 16.9. The fraction of sp³-hybridized carbons (Fsp3) is 0.308. The van der Waals surface area contributed by atoms with Gasteiger partial charge in [-0.1, -0.05) is 0 Å². The maximum absolute atomic E-state index is 5.96. The van der Waals surface area contributed by atoms with Gasteiger partial charge in [-0.25, -0.2) is 5.01 Å². The van der Waals surface area contributed by atoms with Crippen LogP contribution in [-0.2, 0) is 4.74 Å². The fourth-order valence-electron chi connectivity index (χ4n) is 2.16. The van der Waals surface area contributed by atoms with E-state index in [1.165, 1.54) is 0 Å². The molecule has 0 saturated carbocycles. The third-order valence-electron chi connectivity index (χ3n) is 3.14. The Balaban J connectivity index is 1.94. The van der Waals surface area contributed by atoms with Gasteiger partial charge in [-0.05, 0) is 18.2 Å². The van der Waals surface area contributed by atoms with Crippen molar-refractivity contribution >= 4 is 22.1 Å². The fourth-order valence-corrected chi connectivity index (χ4v) is 2.16. The maximum Gasteiger partial charge on any atom is 0.0612 e. The van der Waals surface area contributed by atoms with Crippen LogP contribution in [0.25, 0.3) is 10.8 Å². The van der Waals surface area contributed by atoms with Crippen LogP contribution >= 0.6 is 0 Å². The maximum atomic E-state index is 5.96. The summed E-state index contributed by atoms with van der Waals surface area (Å²) in [5.41, 5.74) is 11.2. The van der Waals surface area contributed by atoms with Crippen molar-refractivity contribution in [3.05, 3.63) is 30.6 Å². The summed E-state index contributed by atoms with van der Waals surface area (Å²) in [7, 11) is 0. The zero-order valence-electron chi connectivity index (χ0n) is 10.1. The van der Waals surface area contributed by atoms with Gasteiger partial charge in [0.25, 0.3) is 0 Å². The van der Waals surface area contributed by atoms with Crippen LogP contribution in [0, 0.1) is 0 Å². The summed E-state index contributed by atoms with van der Waals surface area (Å²) in [6.07, 6.45) is 3.58. The van der Waals surface area contributed by atoms with Crippen molar-refractivity contribution in [3.63, 3.8) is 0 Å². The first-order valence-corrected chi connectivity index (χ1v) is 6.06. The van der Waals surface area contributed by atoms with Gasteiger partial charge in [0.15, 0.2) is 0 Å². The van der Waals surface area contributed by atoms with Gasteiger partial charge in [0, 0.05) is 41.9 Å². The zero-order chi connectivity index (χ0) is 12.4. The lowest BCUT2D eigenvalue weighted by atomic mass is 10.1. The van der Waals surface area contributed by atoms with Gasteiger partial charge in [-0.15, -0.1) is 0 Å². The average Bonchev–Trinajstić information content (AvgIpc) is 2.44. The highest BCUT2D eigenvalue weighted by molar-refractivity contribution is 6.00. The highest BCUT2D eigenvalue weighted by Crippen LogP contribution is 2.27. The van der Waals surface area contributed by atoms with E-state index in [9.17, 15) is 0 Å². The van der Waals surface area contributed by atoms with Crippen molar-refractivity contribution in [2.45, 2.75) is 0 Å². The monoisotopic (exact) mass is 244 g/mol. The number of hydrogen-bond donors (Lipinski definition) is 2. The Morgan fingerprint density at radius 1 is 1.17 bits per heavy atom. The molecule has 18 heavy (non-hydrogen) atoms. The summed E-state index contributed by atoms with van der Waals surface area (Å²) in [5, 5.41) is 4.24. The van der Waals surface area contributed by atoms with Crippen LogP contribution in [-0.4, -0.2) is 36.3 Å². The summed E-state index contributed by atoms with van der Waals surface area (Å²) in [4.78, 5) is 4.12. The number of pyridine rings is 1. The van der Waals surface area contributed by atoms with Gasteiger partial charge in [-0.3, -0.25) is 4.98 Å². The van der Waals surface area contributed by atoms with Crippen LogP contribution in [0.2, 0.25) is 0 Å². The van der Waals surface area contributed by atoms with Gasteiger partial charge in [0.1, 0.15) is 0 Å². The van der Waals surface area contributed by atoms with Crippen LogP contribution in [0.4, 0.5) is 11.4 Å². The number of fused-ring (bicyclic) bond motifs is 1. The first-order valence-electron chi connectivity index (χ1n) is 6.06. The molecule has 0 spiro atoms. The molecule has 1 aromatic heterocycles. The summed E-state index contributed by atoms with van der Waals surface area (Å²) in [5.74, 6) is 0. The predicted octanol–water partition coefficient (Wildman–Crippen LogP) is 1.48. The molecular weight excluding hydrogens is 228 g/mol. The largest absolute Gasteiger partial charge is 0.398 e. The second-order valence-electron chi connectivity index (χ2n) is 4.33. The first kappa shape index (κ1) is 11.3. The van der Waals surface area contributed by atoms with E-state index in [0.29, 0.717) is 0 Å². The second kappa shape index (κ2) is 4.80. The minimum atomic E-state index is 0.755. The number of nitrogens with two attached hydrogens (primary N) is 1. The highest BCUT2D eigenvalue weighted by atomic mass is 16.5. The summed E-state index contributed by atoms with van der Waals surface area (Å²) in [6, 6.07) is 5.90. The third-order valence-corrected chi connectivity index (χ3v) is 3.14. The van der Waals surface area contributed by atoms with Crippen LogP contribution in [0.1, 0.15) is 0 Å². The lowest BCUT2D eigenvalue weighted by Crippen LogP contribution is -2.40. The van der Waals surface area contributed by atoms with Crippen LogP contribution in [0.3, 0.4) is 0 Å². The molecule has 0 aliphatic carbocycles. The molecule has 94 valence electrons. The number of hydrogen-bond acceptors (Lipinski definition) is 5. The minimum Gasteiger partial charge on any atom is -0.398 e. The van der Waals surface area contributed by atoms with E-state index < -0.39 is 0 Å². The Morgan fingerprint density at radius 3 is 2.83 bits per heavy atom. The first-order chi connectivity index (χ1) is 8.84. The Hall–Kier alpha value is -1.85. The molecule has 0 amide bonds. The lowest BCUT2D eigenvalue weighted by molar-refractivity contribution is 0.0497. The predicted molar refractivity (Wildman–Crippen MR) is 72.2 cm³/mol. The number of benzene rings is 1. The number of aromatic nitrogens is 1. The molecule has 0 atom stereocenters. The zero-order valence-corrected chi connectivity index (χ0v) is 10.1. The smallest absolute Gasteiger partial charge is 0.0612 e. The summed E-state index contributed by atoms with van der Waals surface area (Å²) < 4.78 is 5.33. The van der Waals surface area contributed by atoms with E-state index in [2.05, 4.69) is 15.4 Å². The SMILES string of the molecule is Nc1ccc(NN2CCOCC2)c2ccncc12. The molecule has 5 nitrogen and oxygen atoms in total. The van der Waals surface area contributed by atoms with E-state index in [1.54, 1.807) is 12.4 Å². The molecule has 2 heterocycles. The Bertz CT molecular complexity index is 552. The van der Waals surface area contributed by atoms with E-state index in [0.717, 1.165) is 48.5 Å². The van der Waals surface area contributed by atoms with Crippen LogP contribution < -0.4 is 11.2 Å². The molecular formula is C13H16N4O. The number of anilines is 2. The third kappa shape index (κ3) is 2.10. The quantitative estimate of drug-likeness (QED) is 0.783. The van der Waals surface area contributed by atoms with Gasteiger partial charge >= 0.3 is 0 Å². The number of morpholine rings is 1. The number of hydrazine groups is 1. The Morgan fingerprint density at radius 2 is 2.00 bits per heavy atom. The number of rotatable bonds is 2. The lowest BCUT2D eigenvalue weighted by Gasteiger charge is -2.28. The molecule has 1 saturated heterocycles. The van der Waals surface area contributed by atoms with Crippen molar-refractivity contribution in [3.8, 4) is 0 Å². The van der Waals surface area contributed by atoms with Gasteiger partial charge in [0.05, 0.1) is 18.9 Å². The van der Waals surface area contributed by atoms with E-state index >= 15 is 0 Å². The van der Waals surface area contributed by atoms with Crippen molar-refractivity contribution < 1.29 is 4.74 Å². The highest BCUT2D eigenvalue weighted by Gasteiger charge is 2.11. The molecule has 3 N–H and O–H groups in total. The number of ether oxygens (including phenoxy) is 1. The Labute approximate surface area is 106 Å². The van der Waals surface area contributed by atoms with E-state index in [1.807, 2.05) is 18.2 Å². The van der Waals surface area contributed by atoms with Crippen molar-refractivity contribution in [1.29, 1.82) is 0 Å². The molecule has 1 aliphatic heterocycles. The van der Waals surface area contributed by atoms with Gasteiger partial charge in [0.2, 0.25) is 0 Å². The standard InChI is InChI=1S/C13H16N4O/c14-12-1-2-13(10-3-4-15-9-11(10)12)16-17-5-7-18-8-6-17/h1-4,9,16H,5-8,14H2. The molecule has 0 radical (unpaired) electrons. The van der Waals surface area contributed by atoms with E-state index in [4.69, 9.17) is 10.5 Å². The molecule has 0 unspecified atom stereocenters. The molecule has 1 aromatic carbocycles. The van der Waals surface area contributed by atoms with Gasteiger partial charge in [-0.2, -0.15) is 0 Å². The topological polar surface area (TPSA) is 63.4 Å². The van der Waals surface area contributed by atoms with Crippen LogP contribution in [0.5, 0.6) is 0 Å². The molecule has 1 aliphatic rings. The van der Waals surface area contributed by atoms with Crippen LogP contribution in [0.15, 0.2) is 30.6 Å². The average molecular weight is 244 g/mol. The summed E-state index contributed by atoms with van der Waals surface area (Å²) >= 11 is 0. The van der Waals surface area contributed by atoms with Crippen molar-refractivity contribution in [1.82, 2.24) is 9.99 Å². The second-order valence-corrected chi connectivity index (χ2v) is 4.33. The molecule has 3 rings (SSSR count). The number of nitrogen functional groups attached to an aromatic ring is 1. The van der Waals surface area contributed by atoms with Gasteiger partial charge < -0.3 is 15.9 Å². The van der Waals surface area contributed by atoms with E-state index in [-0.39, 0.29) is 0 Å². The van der Waals surface area contributed by atoms with Crippen molar-refractivity contribution in [2.24, 2.45) is 0 Å².